The van der Waals surface area contributed by atoms with Gasteiger partial charge in [-0.3, -0.25) is 0 Å². The Morgan fingerprint density at radius 2 is 1.94 bits per heavy atom. The Labute approximate surface area is 184 Å². The van der Waals surface area contributed by atoms with Gasteiger partial charge in [0.1, 0.15) is 11.8 Å². The number of carbonyl (C=O) groups excluding carboxylic acids is 1. The topological polar surface area (TPSA) is 78.9 Å². The van der Waals surface area contributed by atoms with Crippen LogP contribution in [0.15, 0.2) is 54.6 Å². The summed E-state index contributed by atoms with van der Waals surface area (Å²) in [6.45, 7) is 4.27. The zero-order chi connectivity index (χ0) is 22.3. The molecule has 166 valence electrons. The minimum Gasteiger partial charge on any atom is -0.480 e. The molecule has 2 N–H and O–H groups in total. The van der Waals surface area contributed by atoms with Gasteiger partial charge in [-0.1, -0.05) is 55.8 Å². The molecule has 0 spiro atoms. The number of benzene rings is 2. The van der Waals surface area contributed by atoms with Crippen molar-refractivity contribution in [1.29, 1.82) is 0 Å². The number of ether oxygens (including phenoxy) is 1. The number of nitrogens with zero attached hydrogens (tertiary/aromatic N) is 1. The molecule has 2 aromatic carbocycles. The first-order chi connectivity index (χ1) is 14.9. The lowest BCUT2D eigenvalue weighted by Gasteiger charge is -2.35. The van der Waals surface area contributed by atoms with Crippen molar-refractivity contribution in [3.05, 3.63) is 65.7 Å². The van der Waals surface area contributed by atoms with E-state index in [9.17, 15) is 14.7 Å². The highest BCUT2D eigenvalue weighted by molar-refractivity contribution is 5.81. The fraction of sp³-hybridized carbons (Fsp3) is 0.440. The smallest absolute Gasteiger partial charge is 0.413 e. The molecule has 1 aliphatic rings. The summed E-state index contributed by atoms with van der Waals surface area (Å²) < 4.78 is 5.48. The molecule has 2 atom stereocenters. The highest BCUT2D eigenvalue weighted by atomic mass is 16.6. The fourth-order valence-corrected chi connectivity index (χ4v) is 4.47. The molecule has 31 heavy (non-hydrogen) atoms. The predicted octanol–water partition coefficient (Wildman–Crippen LogP) is 4.23. The van der Waals surface area contributed by atoms with Gasteiger partial charge in [-0.25, -0.2) is 9.59 Å². The zero-order valence-corrected chi connectivity index (χ0v) is 18.3. The number of aliphatic carboxylic acids is 1. The van der Waals surface area contributed by atoms with Crippen LogP contribution in [0.1, 0.15) is 43.7 Å². The van der Waals surface area contributed by atoms with E-state index in [4.69, 9.17) is 4.74 Å². The average molecular weight is 425 g/mol. The van der Waals surface area contributed by atoms with Crippen molar-refractivity contribution >= 4 is 12.1 Å². The molecule has 0 aliphatic carbocycles. The Balaban J connectivity index is 1.70. The van der Waals surface area contributed by atoms with Crippen LogP contribution < -0.4 is 10.1 Å². The van der Waals surface area contributed by atoms with E-state index in [0.29, 0.717) is 5.75 Å². The molecule has 2 aromatic rings. The predicted molar refractivity (Wildman–Crippen MR) is 120 cm³/mol. The van der Waals surface area contributed by atoms with Crippen molar-refractivity contribution in [2.75, 3.05) is 20.1 Å². The lowest BCUT2D eigenvalue weighted by molar-refractivity contribution is -0.139. The third kappa shape index (κ3) is 6.07. The van der Waals surface area contributed by atoms with Crippen molar-refractivity contribution in [3.63, 3.8) is 0 Å². The van der Waals surface area contributed by atoms with Gasteiger partial charge >= 0.3 is 12.1 Å². The van der Waals surface area contributed by atoms with Crippen molar-refractivity contribution < 1.29 is 19.4 Å². The first-order valence-electron chi connectivity index (χ1n) is 11.0. The molecule has 0 aromatic heterocycles. The first-order valence-corrected chi connectivity index (χ1v) is 11.0. The van der Waals surface area contributed by atoms with Gasteiger partial charge in [0.05, 0.1) is 0 Å². The van der Waals surface area contributed by atoms with Gasteiger partial charge < -0.3 is 20.1 Å². The highest BCUT2D eigenvalue weighted by Crippen LogP contribution is 2.37. The summed E-state index contributed by atoms with van der Waals surface area (Å²) >= 11 is 0. The molecular weight excluding hydrogens is 392 g/mol. The number of hydrogen-bond acceptors (Lipinski definition) is 4. The van der Waals surface area contributed by atoms with Crippen LogP contribution in [0.3, 0.4) is 0 Å². The van der Waals surface area contributed by atoms with E-state index in [1.807, 2.05) is 42.5 Å². The molecule has 6 heteroatoms. The van der Waals surface area contributed by atoms with Gasteiger partial charge in [0.2, 0.25) is 0 Å². The standard InChI is InChI=1S/C25H32N2O4/c1-3-25(14-7-8-15-27(2)18-25)20-12-9-13-21(17-20)31-24(30)26-22(23(28)29)16-19-10-5-4-6-11-19/h4-6,9-13,17,22H,3,7-8,14-16,18H2,1-2H3,(H,26,30)(H,28,29)/t22-,25?/m1/s1. The van der Waals surface area contributed by atoms with Crippen LogP contribution in [0.25, 0.3) is 0 Å². The van der Waals surface area contributed by atoms with E-state index in [0.717, 1.165) is 37.1 Å². The van der Waals surface area contributed by atoms with Crippen LogP contribution in [0, 0.1) is 0 Å². The van der Waals surface area contributed by atoms with Crippen LogP contribution in [0.4, 0.5) is 4.79 Å². The lowest BCUT2D eigenvalue weighted by atomic mass is 9.74. The molecule has 1 fully saturated rings. The molecule has 1 saturated heterocycles. The van der Waals surface area contributed by atoms with Gasteiger partial charge in [-0.05, 0) is 56.1 Å². The summed E-state index contributed by atoms with van der Waals surface area (Å²) in [5, 5.41) is 12.0. The number of hydrogen-bond donors (Lipinski definition) is 2. The van der Waals surface area contributed by atoms with E-state index in [1.165, 1.54) is 12.8 Å². The van der Waals surface area contributed by atoms with Crippen LogP contribution in [0.2, 0.25) is 0 Å². The maximum atomic E-state index is 12.5. The van der Waals surface area contributed by atoms with E-state index >= 15 is 0 Å². The minimum absolute atomic E-state index is 0.0258. The SMILES string of the molecule is CCC1(c2cccc(OC(=O)N[C@H](Cc3ccccc3)C(=O)O)c2)CCCCN(C)C1. The maximum absolute atomic E-state index is 12.5. The summed E-state index contributed by atoms with van der Waals surface area (Å²) in [6, 6.07) is 15.8. The monoisotopic (exact) mass is 424 g/mol. The Hall–Kier alpha value is -2.86. The molecular formula is C25H32N2O4. The second kappa shape index (κ2) is 10.4. The summed E-state index contributed by atoms with van der Waals surface area (Å²) in [5.74, 6) is -0.667. The third-order valence-corrected chi connectivity index (χ3v) is 6.22. The molecule has 1 aliphatic heterocycles. The maximum Gasteiger partial charge on any atom is 0.413 e. The lowest BCUT2D eigenvalue weighted by Crippen LogP contribution is -2.43. The molecule has 6 nitrogen and oxygen atoms in total. The first kappa shape index (κ1) is 22.8. The Bertz CT molecular complexity index is 886. The normalized spacial score (nSPS) is 20.5. The number of carboxylic acids is 1. The number of likely N-dealkylation sites (tertiary alicyclic amines) is 1. The molecule has 3 rings (SSSR count). The zero-order valence-electron chi connectivity index (χ0n) is 18.3. The highest BCUT2D eigenvalue weighted by Gasteiger charge is 2.33. The summed E-state index contributed by atoms with van der Waals surface area (Å²) in [4.78, 5) is 26.5. The summed E-state index contributed by atoms with van der Waals surface area (Å²) in [6.07, 6.45) is 3.89. The largest absolute Gasteiger partial charge is 0.480 e. The van der Waals surface area contributed by atoms with Crippen molar-refractivity contribution in [1.82, 2.24) is 10.2 Å². The number of likely N-dealkylation sites (N-methyl/N-ethyl adjacent to an activating group) is 1. The van der Waals surface area contributed by atoms with Crippen LogP contribution in [-0.4, -0.2) is 48.2 Å². The van der Waals surface area contributed by atoms with E-state index in [2.05, 4.69) is 30.3 Å². The molecule has 0 radical (unpaired) electrons. The second-order valence-electron chi connectivity index (χ2n) is 8.47. The van der Waals surface area contributed by atoms with E-state index in [-0.39, 0.29) is 11.8 Å². The van der Waals surface area contributed by atoms with E-state index < -0.39 is 18.1 Å². The van der Waals surface area contributed by atoms with Gasteiger partial charge in [0.25, 0.3) is 0 Å². The van der Waals surface area contributed by atoms with Crippen LogP contribution in [-0.2, 0) is 16.6 Å². The fourth-order valence-electron chi connectivity index (χ4n) is 4.47. The minimum atomic E-state index is -1.10. The number of rotatable bonds is 7. The van der Waals surface area contributed by atoms with Gasteiger partial charge in [-0.15, -0.1) is 0 Å². The molecule has 0 saturated carbocycles. The molecule has 1 unspecified atom stereocenters. The number of carboxylic acid groups (broad SMARTS) is 1. The molecule has 1 amide bonds. The van der Waals surface area contributed by atoms with E-state index in [1.54, 1.807) is 6.07 Å². The quantitative estimate of drug-likeness (QED) is 0.695. The van der Waals surface area contributed by atoms with Crippen molar-refractivity contribution in [2.45, 2.75) is 50.5 Å². The summed E-state index contributed by atoms with van der Waals surface area (Å²) in [5.41, 5.74) is 2.02. The summed E-state index contributed by atoms with van der Waals surface area (Å²) in [7, 11) is 2.16. The Morgan fingerprint density at radius 3 is 2.65 bits per heavy atom. The van der Waals surface area contributed by atoms with Gasteiger partial charge in [0.15, 0.2) is 0 Å². The number of carbonyl (C=O) groups is 2. The number of amides is 1. The molecule has 0 bridgehead atoms. The van der Waals surface area contributed by atoms with Gasteiger partial charge in [-0.2, -0.15) is 0 Å². The van der Waals surface area contributed by atoms with Crippen molar-refractivity contribution in [3.8, 4) is 5.75 Å². The second-order valence-corrected chi connectivity index (χ2v) is 8.47. The van der Waals surface area contributed by atoms with Gasteiger partial charge in [0, 0.05) is 18.4 Å². The third-order valence-electron chi connectivity index (χ3n) is 6.22. The Morgan fingerprint density at radius 1 is 1.16 bits per heavy atom. The van der Waals surface area contributed by atoms with Crippen molar-refractivity contribution in [2.24, 2.45) is 0 Å². The number of nitrogens with one attached hydrogen (secondary N) is 1. The van der Waals surface area contributed by atoms with Crippen LogP contribution in [0.5, 0.6) is 5.75 Å². The van der Waals surface area contributed by atoms with Crippen LogP contribution >= 0.6 is 0 Å². The Kier molecular flexibility index (Phi) is 7.69. The average Bonchev–Trinajstić information content (AvgIpc) is 2.96. The molecule has 1 heterocycles.